The van der Waals surface area contributed by atoms with Gasteiger partial charge >= 0.3 is 0 Å². The SMILES string of the molecule is CCN1CCc2cc(NS(=O)(=O)c3cccc(Cl)c3C)ccc21. The van der Waals surface area contributed by atoms with Crippen molar-refractivity contribution in [2.45, 2.75) is 25.2 Å². The highest BCUT2D eigenvalue weighted by Gasteiger charge is 2.21. The van der Waals surface area contributed by atoms with Gasteiger partial charge in [-0.2, -0.15) is 0 Å². The molecule has 0 saturated heterocycles. The first-order valence-corrected chi connectivity index (χ1v) is 9.44. The van der Waals surface area contributed by atoms with Crippen LogP contribution in [0, 0.1) is 6.92 Å². The zero-order valence-corrected chi connectivity index (χ0v) is 14.7. The fraction of sp³-hybridized carbons (Fsp3) is 0.294. The minimum atomic E-state index is -3.65. The van der Waals surface area contributed by atoms with Crippen LogP contribution in [0.15, 0.2) is 41.3 Å². The summed E-state index contributed by atoms with van der Waals surface area (Å²) in [6.07, 6.45) is 0.939. The second kappa shape index (κ2) is 6.06. The van der Waals surface area contributed by atoms with E-state index >= 15 is 0 Å². The van der Waals surface area contributed by atoms with Gasteiger partial charge in [0.2, 0.25) is 0 Å². The van der Waals surface area contributed by atoms with Crippen LogP contribution in [-0.2, 0) is 16.4 Å². The average molecular weight is 351 g/mol. The van der Waals surface area contributed by atoms with Crippen molar-refractivity contribution in [3.05, 3.63) is 52.5 Å². The average Bonchev–Trinajstić information content (AvgIpc) is 2.91. The van der Waals surface area contributed by atoms with E-state index in [0.717, 1.165) is 19.5 Å². The monoisotopic (exact) mass is 350 g/mol. The second-order valence-electron chi connectivity index (χ2n) is 5.64. The Labute approximate surface area is 142 Å². The molecule has 4 nitrogen and oxygen atoms in total. The number of nitrogens with one attached hydrogen (secondary N) is 1. The molecule has 1 aliphatic rings. The first kappa shape index (κ1) is 16.1. The van der Waals surface area contributed by atoms with E-state index < -0.39 is 10.0 Å². The quantitative estimate of drug-likeness (QED) is 0.911. The topological polar surface area (TPSA) is 49.4 Å². The zero-order valence-electron chi connectivity index (χ0n) is 13.1. The molecule has 0 spiro atoms. The smallest absolute Gasteiger partial charge is 0.262 e. The number of anilines is 2. The number of sulfonamides is 1. The Morgan fingerprint density at radius 2 is 2.04 bits per heavy atom. The molecular formula is C17H19ClN2O2S. The van der Waals surface area contributed by atoms with Gasteiger partial charge in [0.1, 0.15) is 0 Å². The molecule has 0 aliphatic carbocycles. The van der Waals surface area contributed by atoms with Crippen LogP contribution in [-0.4, -0.2) is 21.5 Å². The first-order valence-electron chi connectivity index (χ1n) is 7.58. The molecule has 1 N–H and O–H groups in total. The third-order valence-electron chi connectivity index (χ3n) is 4.21. The predicted molar refractivity (Wildman–Crippen MR) is 95.0 cm³/mol. The van der Waals surface area contributed by atoms with Gasteiger partial charge in [0.25, 0.3) is 10.0 Å². The van der Waals surface area contributed by atoms with Crippen molar-refractivity contribution in [2.75, 3.05) is 22.7 Å². The number of hydrogen-bond donors (Lipinski definition) is 1. The van der Waals surface area contributed by atoms with E-state index in [1.807, 2.05) is 18.2 Å². The molecule has 0 amide bonds. The van der Waals surface area contributed by atoms with Crippen molar-refractivity contribution < 1.29 is 8.42 Å². The fourth-order valence-electron chi connectivity index (χ4n) is 2.95. The highest BCUT2D eigenvalue weighted by molar-refractivity contribution is 7.92. The summed E-state index contributed by atoms with van der Waals surface area (Å²) in [5.74, 6) is 0. The molecule has 1 aliphatic heterocycles. The maximum absolute atomic E-state index is 12.6. The predicted octanol–water partition coefficient (Wildman–Crippen LogP) is 3.83. The normalized spacial score (nSPS) is 14.0. The number of likely N-dealkylation sites (N-methyl/N-ethyl adjacent to an activating group) is 1. The Hall–Kier alpha value is -1.72. The standard InChI is InChI=1S/C17H19ClN2O2S/c1-3-20-10-9-13-11-14(7-8-16(13)20)19-23(21,22)17-6-4-5-15(18)12(17)2/h4-8,11,19H,3,9-10H2,1-2H3. The van der Waals surface area contributed by atoms with Gasteiger partial charge in [-0.15, -0.1) is 0 Å². The number of halogens is 1. The molecule has 0 fully saturated rings. The lowest BCUT2D eigenvalue weighted by Crippen LogP contribution is -2.19. The van der Waals surface area contributed by atoms with Gasteiger partial charge in [0, 0.05) is 29.5 Å². The summed E-state index contributed by atoms with van der Waals surface area (Å²) in [6, 6.07) is 10.6. The Balaban J connectivity index is 1.91. The molecule has 122 valence electrons. The van der Waals surface area contributed by atoms with Crippen LogP contribution in [0.25, 0.3) is 0 Å². The molecule has 0 bridgehead atoms. The molecule has 3 rings (SSSR count). The van der Waals surface area contributed by atoms with E-state index in [4.69, 9.17) is 11.6 Å². The number of fused-ring (bicyclic) bond motifs is 1. The Bertz CT molecular complexity index is 850. The highest BCUT2D eigenvalue weighted by Crippen LogP contribution is 2.31. The summed E-state index contributed by atoms with van der Waals surface area (Å²) in [5.41, 5.74) is 3.50. The van der Waals surface area contributed by atoms with E-state index in [9.17, 15) is 8.42 Å². The minimum Gasteiger partial charge on any atom is -0.371 e. The lowest BCUT2D eigenvalue weighted by atomic mass is 10.1. The number of benzene rings is 2. The van der Waals surface area contributed by atoms with E-state index in [1.165, 1.54) is 11.3 Å². The maximum Gasteiger partial charge on any atom is 0.262 e. The largest absolute Gasteiger partial charge is 0.371 e. The van der Waals surface area contributed by atoms with Crippen LogP contribution in [0.4, 0.5) is 11.4 Å². The molecule has 23 heavy (non-hydrogen) atoms. The van der Waals surface area contributed by atoms with Gasteiger partial charge in [-0.05, 0) is 61.7 Å². The zero-order chi connectivity index (χ0) is 16.6. The summed E-state index contributed by atoms with van der Waals surface area (Å²) in [6.45, 7) is 5.77. The van der Waals surface area contributed by atoms with Crippen LogP contribution >= 0.6 is 11.6 Å². The van der Waals surface area contributed by atoms with Crippen molar-refractivity contribution in [3.63, 3.8) is 0 Å². The summed E-state index contributed by atoms with van der Waals surface area (Å²) in [4.78, 5) is 2.50. The molecular weight excluding hydrogens is 332 g/mol. The van der Waals surface area contributed by atoms with Crippen molar-refractivity contribution in [2.24, 2.45) is 0 Å². The second-order valence-corrected chi connectivity index (χ2v) is 7.70. The van der Waals surface area contributed by atoms with Crippen LogP contribution < -0.4 is 9.62 Å². The Morgan fingerprint density at radius 3 is 2.78 bits per heavy atom. The number of nitrogens with zero attached hydrogens (tertiary/aromatic N) is 1. The van der Waals surface area contributed by atoms with E-state index in [2.05, 4.69) is 16.5 Å². The number of rotatable bonds is 4. The highest BCUT2D eigenvalue weighted by atomic mass is 35.5. The molecule has 0 saturated carbocycles. The summed E-state index contributed by atoms with van der Waals surface area (Å²) in [5, 5.41) is 0.445. The summed E-state index contributed by atoms with van der Waals surface area (Å²) in [7, 11) is -3.65. The van der Waals surface area contributed by atoms with Crippen molar-refractivity contribution >= 4 is 33.0 Å². The van der Waals surface area contributed by atoms with Crippen LogP contribution in [0.5, 0.6) is 0 Å². The molecule has 1 heterocycles. The van der Waals surface area contributed by atoms with E-state index in [1.54, 1.807) is 25.1 Å². The van der Waals surface area contributed by atoms with E-state index in [-0.39, 0.29) is 4.90 Å². The molecule has 2 aromatic carbocycles. The molecule has 0 unspecified atom stereocenters. The van der Waals surface area contributed by atoms with Gasteiger partial charge in [-0.25, -0.2) is 8.42 Å². The molecule has 6 heteroatoms. The number of hydrogen-bond acceptors (Lipinski definition) is 3. The van der Waals surface area contributed by atoms with Gasteiger partial charge in [-0.3, -0.25) is 4.72 Å². The van der Waals surface area contributed by atoms with Crippen LogP contribution in [0.2, 0.25) is 5.02 Å². The van der Waals surface area contributed by atoms with Crippen LogP contribution in [0.1, 0.15) is 18.1 Å². The van der Waals surface area contributed by atoms with Gasteiger partial charge < -0.3 is 4.90 Å². The molecule has 2 aromatic rings. The van der Waals surface area contributed by atoms with Gasteiger partial charge in [-0.1, -0.05) is 17.7 Å². The maximum atomic E-state index is 12.6. The molecule has 0 radical (unpaired) electrons. The molecule has 0 aromatic heterocycles. The fourth-order valence-corrected chi connectivity index (χ4v) is 4.50. The van der Waals surface area contributed by atoms with Crippen molar-refractivity contribution in [1.82, 2.24) is 0 Å². The molecule has 0 atom stereocenters. The van der Waals surface area contributed by atoms with E-state index in [0.29, 0.717) is 16.3 Å². The van der Waals surface area contributed by atoms with Crippen LogP contribution in [0.3, 0.4) is 0 Å². The Morgan fingerprint density at radius 1 is 1.26 bits per heavy atom. The third-order valence-corrected chi connectivity index (χ3v) is 6.15. The summed E-state index contributed by atoms with van der Waals surface area (Å²) < 4.78 is 27.9. The van der Waals surface area contributed by atoms with Gasteiger partial charge in [0.05, 0.1) is 4.90 Å². The first-order chi connectivity index (χ1) is 10.9. The Kier molecular flexibility index (Phi) is 4.25. The lowest BCUT2D eigenvalue weighted by molar-refractivity contribution is 0.600. The van der Waals surface area contributed by atoms with Crippen molar-refractivity contribution in [1.29, 1.82) is 0 Å². The third kappa shape index (κ3) is 3.03. The van der Waals surface area contributed by atoms with Gasteiger partial charge in [0.15, 0.2) is 0 Å². The van der Waals surface area contributed by atoms with Crippen molar-refractivity contribution in [3.8, 4) is 0 Å². The summed E-state index contributed by atoms with van der Waals surface area (Å²) >= 11 is 6.03. The lowest BCUT2D eigenvalue weighted by Gasteiger charge is -2.17. The minimum absolute atomic E-state index is 0.209.